The Labute approximate surface area is 223 Å². The number of aliphatic carboxylic acids is 1. The lowest BCUT2D eigenvalue weighted by atomic mass is 9.78. The molecule has 1 aromatic rings. The van der Waals surface area contributed by atoms with Crippen LogP contribution < -0.4 is 0 Å². The Hall–Kier alpha value is -2.83. The lowest BCUT2D eigenvalue weighted by Crippen LogP contribution is -2.42. The Morgan fingerprint density at radius 3 is 2.86 bits per heavy atom. The number of pyridine rings is 1. The molecule has 1 fully saturated rings. The van der Waals surface area contributed by atoms with Gasteiger partial charge in [0.15, 0.2) is 19.0 Å². The summed E-state index contributed by atoms with van der Waals surface area (Å²) in [7, 11) is 0. The number of rotatable bonds is 6. The molecule has 1 saturated heterocycles. The SMILES string of the molecule is CC1=CC(CN2CCC(=C3c4ncccc4CCC4C=C(Cl)C=CC34)CC2)C[N+](C(C=O)CC(=O)O)=C1. The van der Waals surface area contributed by atoms with Crippen molar-refractivity contribution in [2.75, 3.05) is 26.2 Å². The number of carboxylic acids is 1. The van der Waals surface area contributed by atoms with Gasteiger partial charge in [0.05, 0.1) is 5.69 Å². The standard InChI is InChI=1S/C30H34ClN3O3/c1-20-13-21(18-34(16-20)26(19-35)15-28(36)37)17-33-11-8-22(9-12-33)29-27-7-6-25(31)14-24(27)5-4-23-3-2-10-32-30(23)29/h2-3,6-7,10,13-14,16,19,21,24,26-27H,4-5,8-9,11-12,15,17-18H2,1H3/p+1. The minimum absolute atomic E-state index is 0.173. The van der Waals surface area contributed by atoms with Crippen LogP contribution in [0.2, 0.25) is 0 Å². The van der Waals surface area contributed by atoms with Gasteiger partial charge in [0.2, 0.25) is 6.04 Å². The van der Waals surface area contributed by atoms with Crippen LogP contribution in [0.15, 0.2) is 58.8 Å². The number of hydrogen-bond donors (Lipinski definition) is 1. The van der Waals surface area contributed by atoms with E-state index in [2.05, 4.69) is 29.2 Å². The third kappa shape index (κ3) is 5.86. The second kappa shape index (κ2) is 11.3. The number of nitrogens with zero attached hydrogens (tertiary/aromatic N) is 3. The molecule has 0 bridgehead atoms. The number of aldehydes is 1. The molecule has 4 atom stereocenters. The number of aromatic nitrogens is 1. The Balaban J connectivity index is 1.31. The molecule has 37 heavy (non-hydrogen) atoms. The van der Waals surface area contributed by atoms with Gasteiger partial charge >= 0.3 is 5.97 Å². The molecule has 2 aliphatic carbocycles. The number of carbonyl (C=O) groups excluding carboxylic acids is 1. The van der Waals surface area contributed by atoms with E-state index in [1.165, 1.54) is 22.4 Å². The van der Waals surface area contributed by atoms with E-state index >= 15 is 0 Å². The molecule has 7 heteroatoms. The Kier molecular flexibility index (Phi) is 7.87. The van der Waals surface area contributed by atoms with E-state index in [0.717, 1.165) is 62.2 Å². The molecule has 6 nitrogen and oxygen atoms in total. The van der Waals surface area contributed by atoms with Crippen LogP contribution in [0.4, 0.5) is 0 Å². The monoisotopic (exact) mass is 520 g/mol. The van der Waals surface area contributed by atoms with Gasteiger partial charge in [0.1, 0.15) is 6.42 Å². The van der Waals surface area contributed by atoms with Gasteiger partial charge in [-0.15, -0.1) is 0 Å². The number of likely N-dealkylation sites (tertiary alicyclic amines) is 1. The van der Waals surface area contributed by atoms with Crippen LogP contribution in [0.3, 0.4) is 0 Å². The molecule has 4 unspecified atom stereocenters. The summed E-state index contributed by atoms with van der Waals surface area (Å²) >= 11 is 6.40. The molecule has 4 aliphatic rings. The zero-order valence-corrected chi connectivity index (χ0v) is 22.1. The summed E-state index contributed by atoms with van der Waals surface area (Å²) in [5, 5.41) is 10.0. The molecule has 5 rings (SSSR count). The number of halogens is 1. The fourth-order valence-corrected chi connectivity index (χ4v) is 6.70. The van der Waals surface area contributed by atoms with Crippen molar-refractivity contribution in [3.63, 3.8) is 0 Å². The van der Waals surface area contributed by atoms with Gasteiger partial charge in [-0.25, -0.2) is 4.58 Å². The van der Waals surface area contributed by atoms with E-state index in [0.29, 0.717) is 18.4 Å². The average Bonchev–Trinajstić information content (AvgIpc) is 3.04. The van der Waals surface area contributed by atoms with Crippen LogP contribution in [0, 0.1) is 17.8 Å². The summed E-state index contributed by atoms with van der Waals surface area (Å²) in [6.07, 6.45) is 17.4. The highest BCUT2D eigenvalue weighted by Gasteiger charge is 2.34. The quantitative estimate of drug-likeness (QED) is 0.441. The van der Waals surface area contributed by atoms with E-state index in [-0.39, 0.29) is 12.3 Å². The van der Waals surface area contributed by atoms with Crippen molar-refractivity contribution in [3.05, 3.63) is 70.1 Å². The number of carbonyl (C=O) groups is 2. The van der Waals surface area contributed by atoms with E-state index in [9.17, 15) is 14.7 Å². The third-order valence-corrected chi connectivity index (χ3v) is 8.39. The van der Waals surface area contributed by atoms with Crippen LogP contribution in [0.1, 0.15) is 43.9 Å². The van der Waals surface area contributed by atoms with Gasteiger partial charge in [-0.05, 0) is 61.8 Å². The maximum Gasteiger partial charge on any atom is 0.310 e. The van der Waals surface area contributed by atoms with Gasteiger partial charge in [-0.3, -0.25) is 14.6 Å². The number of carboxylic acid groups (broad SMARTS) is 1. The zero-order valence-electron chi connectivity index (χ0n) is 21.4. The highest BCUT2D eigenvalue weighted by molar-refractivity contribution is 6.31. The minimum Gasteiger partial charge on any atom is -0.481 e. The molecule has 0 radical (unpaired) electrons. The number of fused-ring (bicyclic) bond motifs is 2. The van der Waals surface area contributed by atoms with Crippen molar-refractivity contribution >= 4 is 35.6 Å². The van der Waals surface area contributed by atoms with Crippen LogP contribution >= 0.6 is 11.6 Å². The maximum atomic E-state index is 11.6. The third-order valence-electron chi connectivity index (χ3n) is 8.14. The summed E-state index contributed by atoms with van der Waals surface area (Å²) in [6.45, 7) is 5.56. The fourth-order valence-electron chi connectivity index (χ4n) is 6.46. The Morgan fingerprint density at radius 2 is 2.11 bits per heavy atom. The molecule has 3 heterocycles. The molecule has 1 N–H and O–H groups in total. The highest BCUT2D eigenvalue weighted by Crippen LogP contribution is 2.44. The van der Waals surface area contributed by atoms with Crippen LogP contribution in [0.5, 0.6) is 0 Å². The second-order valence-corrected chi connectivity index (χ2v) is 11.2. The van der Waals surface area contributed by atoms with E-state index in [1.54, 1.807) is 0 Å². The summed E-state index contributed by atoms with van der Waals surface area (Å²) in [6, 6.07) is 3.65. The molecule has 194 valence electrons. The van der Waals surface area contributed by atoms with E-state index in [1.807, 2.05) is 36.1 Å². The molecule has 0 amide bonds. The van der Waals surface area contributed by atoms with Crippen molar-refractivity contribution in [1.29, 1.82) is 0 Å². The van der Waals surface area contributed by atoms with Crippen molar-refractivity contribution in [2.45, 2.75) is 45.1 Å². The maximum absolute atomic E-state index is 11.6. The molecular formula is C30H35ClN3O3+. The van der Waals surface area contributed by atoms with Gasteiger partial charge in [-0.2, -0.15) is 0 Å². The second-order valence-electron chi connectivity index (χ2n) is 10.8. The molecule has 0 saturated carbocycles. The van der Waals surface area contributed by atoms with Crippen molar-refractivity contribution in [3.8, 4) is 0 Å². The molecular weight excluding hydrogens is 486 g/mol. The first kappa shape index (κ1) is 25.8. The Morgan fingerprint density at radius 1 is 1.30 bits per heavy atom. The number of allylic oxidation sites excluding steroid dienone is 6. The van der Waals surface area contributed by atoms with E-state index in [4.69, 9.17) is 16.6 Å². The summed E-state index contributed by atoms with van der Waals surface area (Å²) in [5.41, 5.74) is 6.51. The van der Waals surface area contributed by atoms with Crippen LogP contribution in [0.25, 0.3) is 5.57 Å². The number of hydrogen-bond acceptors (Lipinski definition) is 4. The number of piperidine rings is 1. The van der Waals surface area contributed by atoms with Crippen LogP contribution in [-0.2, 0) is 16.0 Å². The molecule has 0 spiro atoms. The smallest absolute Gasteiger partial charge is 0.310 e. The van der Waals surface area contributed by atoms with E-state index < -0.39 is 12.0 Å². The normalized spacial score (nSPS) is 26.8. The summed E-state index contributed by atoms with van der Waals surface area (Å²) < 4.78 is 1.90. The van der Waals surface area contributed by atoms with Gasteiger partial charge in [-0.1, -0.05) is 41.5 Å². The topological polar surface area (TPSA) is 73.5 Å². The van der Waals surface area contributed by atoms with Crippen molar-refractivity contribution < 1.29 is 19.3 Å². The predicted molar refractivity (Wildman–Crippen MR) is 146 cm³/mol. The Bertz CT molecular complexity index is 1220. The fraction of sp³-hybridized carbons (Fsp3) is 0.467. The van der Waals surface area contributed by atoms with Crippen molar-refractivity contribution in [2.24, 2.45) is 17.8 Å². The average molecular weight is 521 g/mol. The zero-order chi connectivity index (χ0) is 25.9. The van der Waals surface area contributed by atoms with Gasteiger partial charge in [0, 0.05) is 48.3 Å². The molecule has 2 aliphatic heterocycles. The first-order valence-corrected chi connectivity index (χ1v) is 13.7. The largest absolute Gasteiger partial charge is 0.481 e. The molecule has 1 aromatic heterocycles. The molecule has 0 aromatic carbocycles. The van der Waals surface area contributed by atoms with Gasteiger partial charge in [0.25, 0.3) is 0 Å². The lowest BCUT2D eigenvalue weighted by Gasteiger charge is -2.34. The summed E-state index contributed by atoms with van der Waals surface area (Å²) in [5.74, 6) is 0.0333. The van der Waals surface area contributed by atoms with Gasteiger partial charge < -0.3 is 10.0 Å². The predicted octanol–water partition coefficient (Wildman–Crippen LogP) is 4.50. The van der Waals surface area contributed by atoms with Crippen molar-refractivity contribution in [1.82, 2.24) is 9.88 Å². The first-order chi connectivity index (χ1) is 17.9. The highest BCUT2D eigenvalue weighted by atomic mass is 35.5. The van der Waals surface area contributed by atoms with Crippen LogP contribution in [-0.4, -0.2) is 70.3 Å². The minimum atomic E-state index is -0.951. The first-order valence-electron chi connectivity index (χ1n) is 13.3. The summed E-state index contributed by atoms with van der Waals surface area (Å²) in [4.78, 5) is 30.2. The lowest BCUT2D eigenvalue weighted by molar-refractivity contribution is -0.551. The number of aryl methyl sites for hydroxylation is 1.